The van der Waals surface area contributed by atoms with Gasteiger partial charge in [0.25, 0.3) is 0 Å². The van der Waals surface area contributed by atoms with Crippen molar-refractivity contribution in [2.24, 2.45) is 0 Å². The molecule has 2 heterocycles. The van der Waals surface area contributed by atoms with E-state index in [1.54, 1.807) is 0 Å². The lowest BCUT2D eigenvalue weighted by molar-refractivity contribution is 0.121. The lowest BCUT2D eigenvalue weighted by atomic mass is 9.91. The van der Waals surface area contributed by atoms with Crippen molar-refractivity contribution in [3.8, 4) is 0 Å². The number of piperazine rings is 1. The van der Waals surface area contributed by atoms with Crippen molar-refractivity contribution in [3.63, 3.8) is 0 Å². The number of benzene rings is 1. The Morgan fingerprint density at radius 2 is 1.81 bits per heavy atom. The van der Waals surface area contributed by atoms with Crippen molar-refractivity contribution in [3.05, 3.63) is 35.9 Å². The molecule has 144 valence electrons. The van der Waals surface area contributed by atoms with Crippen LogP contribution in [0, 0.1) is 0 Å². The average molecular weight is 361 g/mol. The number of amides is 2. The monoisotopic (exact) mass is 360 g/mol. The van der Waals surface area contributed by atoms with Gasteiger partial charge in [-0.3, -0.25) is 4.90 Å². The third kappa shape index (κ3) is 5.43. The molecule has 0 aromatic heterocycles. The molecule has 2 saturated heterocycles. The summed E-state index contributed by atoms with van der Waals surface area (Å²) in [6.45, 7) is 7.89. The summed E-state index contributed by atoms with van der Waals surface area (Å²) >= 11 is 0. The number of carbonyl (C=O) groups is 1. The number of hydrogen-bond acceptors (Lipinski definition) is 4. The Hall–Kier alpha value is -1.63. The SMILES string of the molecule is O=C(NCCN1CCC[C@H](c2ccccc2)C1)N1CCN(CCO)CC1. The Bertz CT molecular complexity index is 546. The Morgan fingerprint density at radius 3 is 2.54 bits per heavy atom. The minimum atomic E-state index is 0.0465. The molecule has 2 fully saturated rings. The van der Waals surface area contributed by atoms with Gasteiger partial charge in [0.15, 0.2) is 0 Å². The van der Waals surface area contributed by atoms with Crippen LogP contribution < -0.4 is 5.32 Å². The predicted molar refractivity (Wildman–Crippen MR) is 103 cm³/mol. The van der Waals surface area contributed by atoms with E-state index in [4.69, 9.17) is 5.11 Å². The van der Waals surface area contributed by atoms with Gasteiger partial charge in [0, 0.05) is 52.4 Å². The number of carbonyl (C=O) groups excluding carboxylic acids is 1. The summed E-state index contributed by atoms with van der Waals surface area (Å²) in [4.78, 5) is 18.9. The first-order valence-electron chi connectivity index (χ1n) is 9.89. The van der Waals surface area contributed by atoms with Gasteiger partial charge in [-0.1, -0.05) is 30.3 Å². The van der Waals surface area contributed by atoms with Crippen LogP contribution in [-0.4, -0.2) is 91.3 Å². The van der Waals surface area contributed by atoms with Crippen LogP contribution in [0.25, 0.3) is 0 Å². The fourth-order valence-corrected chi connectivity index (χ4v) is 4.00. The van der Waals surface area contributed by atoms with Crippen LogP contribution in [0.15, 0.2) is 30.3 Å². The van der Waals surface area contributed by atoms with Crippen LogP contribution in [0.4, 0.5) is 4.79 Å². The number of aliphatic hydroxyl groups is 1. The summed E-state index contributed by atoms with van der Waals surface area (Å²) in [5, 5.41) is 12.1. The van der Waals surface area contributed by atoms with E-state index < -0.39 is 0 Å². The fraction of sp³-hybridized carbons (Fsp3) is 0.650. The fourth-order valence-electron chi connectivity index (χ4n) is 4.00. The van der Waals surface area contributed by atoms with Gasteiger partial charge in [-0.05, 0) is 30.9 Å². The maximum atomic E-state index is 12.3. The van der Waals surface area contributed by atoms with Gasteiger partial charge < -0.3 is 20.2 Å². The van der Waals surface area contributed by atoms with Crippen LogP contribution in [0.3, 0.4) is 0 Å². The highest BCUT2D eigenvalue weighted by atomic mass is 16.3. The maximum Gasteiger partial charge on any atom is 0.317 e. The zero-order valence-electron chi connectivity index (χ0n) is 15.6. The minimum Gasteiger partial charge on any atom is -0.395 e. The zero-order chi connectivity index (χ0) is 18.2. The zero-order valence-corrected chi connectivity index (χ0v) is 15.6. The first-order chi connectivity index (χ1) is 12.8. The van der Waals surface area contributed by atoms with E-state index in [0.29, 0.717) is 19.0 Å². The standard InChI is InChI=1S/C20H32N4O2/c25-16-15-22-11-13-24(14-12-22)20(26)21-8-10-23-9-4-7-19(17-23)18-5-2-1-3-6-18/h1-3,5-6,19,25H,4,7-17H2,(H,21,26)/t19-/m0/s1. The summed E-state index contributed by atoms with van der Waals surface area (Å²) in [5.41, 5.74) is 1.43. The van der Waals surface area contributed by atoms with E-state index in [1.165, 1.54) is 18.4 Å². The number of rotatable bonds is 6. The number of nitrogens with one attached hydrogen (secondary N) is 1. The molecule has 2 amide bonds. The van der Waals surface area contributed by atoms with Gasteiger partial charge in [0.2, 0.25) is 0 Å². The van der Waals surface area contributed by atoms with Crippen molar-refractivity contribution in [1.29, 1.82) is 0 Å². The molecule has 2 aliphatic heterocycles. The lowest BCUT2D eigenvalue weighted by Gasteiger charge is -2.35. The second kappa shape index (κ2) is 9.90. The number of urea groups is 1. The molecule has 0 radical (unpaired) electrons. The first kappa shape index (κ1) is 19.1. The molecule has 0 saturated carbocycles. The van der Waals surface area contributed by atoms with Gasteiger partial charge in [-0.15, -0.1) is 0 Å². The van der Waals surface area contributed by atoms with Crippen LogP contribution in [0.5, 0.6) is 0 Å². The van der Waals surface area contributed by atoms with Gasteiger partial charge in [-0.25, -0.2) is 4.79 Å². The van der Waals surface area contributed by atoms with E-state index in [0.717, 1.165) is 45.8 Å². The van der Waals surface area contributed by atoms with E-state index in [2.05, 4.69) is 45.4 Å². The Morgan fingerprint density at radius 1 is 1.04 bits per heavy atom. The molecule has 6 nitrogen and oxygen atoms in total. The first-order valence-corrected chi connectivity index (χ1v) is 9.89. The Kier molecular flexibility index (Phi) is 7.29. The van der Waals surface area contributed by atoms with Crippen LogP contribution in [0.1, 0.15) is 24.3 Å². The second-order valence-corrected chi connectivity index (χ2v) is 7.33. The molecule has 26 heavy (non-hydrogen) atoms. The molecule has 0 spiro atoms. The van der Waals surface area contributed by atoms with Gasteiger partial charge in [0.1, 0.15) is 0 Å². The molecule has 0 bridgehead atoms. The van der Waals surface area contributed by atoms with Crippen molar-refractivity contribution in [2.45, 2.75) is 18.8 Å². The minimum absolute atomic E-state index is 0.0465. The second-order valence-electron chi connectivity index (χ2n) is 7.33. The Balaban J connectivity index is 1.36. The topological polar surface area (TPSA) is 59.1 Å². The van der Waals surface area contributed by atoms with E-state index in [-0.39, 0.29) is 12.6 Å². The third-order valence-electron chi connectivity index (χ3n) is 5.56. The molecule has 1 aromatic rings. The molecule has 1 aromatic carbocycles. The number of piperidine rings is 1. The predicted octanol–water partition coefficient (Wildman–Crippen LogP) is 1.19. The smallest absolute Gasteiger partial charge is 0.317 e. The lowest BCUT2D eigenvalue weighted by Crippen LogP contribution is -2.53. The van der Waals surface area contributed by atoms with E-state index in [1.807, 2.05) is 4.90 Å². The molecule has 0 unspecified atom stereocenters. The van der Waals surface area contributed by atoms with Crippen molar-refractivity contribution in [2.75, 3.05) is 65.5 Å². The Labute approximate surface area is 156 Å². The normalized spacial score (nSPS) is 22.3. The van der Waals surface area contributed by atoms with Gasteiger partial charge in [0.05, 0.1) is 6.61 Å². The summed E-state index contributed by atoms with van der Waals surface area (Å²) < 4.78 is 0. The number of nitrogens with zero attached hydrogens (tertiary/aromatic N) is 3. The molecule has 2 N–H and O–H groups in total. The summed E-state index contributed by atoms with van der Waals surface area (Å²) in [7, 11) is 0. The summed E-state index contributed by atoms with van der Waals surface area (Å²) in [6.07, 6.45) is 2.48. The largest absolute Gasteiger partial charge is 0.395 e. The molecule has 0 aliphatic carbocycles. The number of hydrogen-bond donors (Lipinski definition) is 2. The van der Waals surface area contributed by atoms with Gasteiger partial charge >= 0.3 is 6.03 Å². The van der Waals surface area contributed by atoms with Crippen LogP contribution >= 0.6 is 0 Å². The molecular formula is C20H32N4O2. The molecule has 3 rings (SSSR count). The molecular weight excluding hydrogens is 328 g/mol. The molecule has 6 heteroatoms. The average Bonchev–Trinajstić information content (AvgIpc) is 2.70. The summed E-state index contributed by atoms with van der Waals surface area (Å²) in [6, 6.07) is 10.8. The van der Waals surface area contributed by atoms with Crippen molar-refractivity contribution < 1.29 is 9.90 Å². The third-order valence-corrected chi connectivity index (χ3v) is 5.56. The maximum absolute atomic E-state index is 12.3. The molecule has 2 aliphatic rings. The van der Waals surface area contributed by atoms with E-state index >= 15 is 0 Å². The number of likely N-dealkylation sites (tertiary alicyclic amines) is 1. The highest BCUT2D eigenvalue weighted by Gasteiger charge is 2.22. The highest BCUT2D eigenvalue weighted by molar-refractivity contribution is 5.74. The van der Waals surface area contributed by atoms with Crippen molar-refractivity contribution in [1.82, 2.24) is 20.0 Å². The number of β-amino-alcohol motifs (C(OH)–C–C–N with tert-alkyl or cyclic N) is 1. The quantitative estimate of drug-likeness (QED) is 0.800. The van der Waals surface area contributed by atoms with Crippen LogP contribution in [0.2, 0.25) is 0 Å². The molecule has 1 atom stereocenters. The number of aliphatic hydroxyl groups excluding tert-OH is 1. The van der Waals surface area contributed by atoms with Gasteiger partial charge in [-0.2, -0.15) is 0 Å². The van der Waals surface area contributed by atoms with Crippen LogP contribution in [-0.2, 0) is 0 Å². The summed E-state index contributed by atoms with van der Waals surface area (Å²) in [5.74, 6) is 0.611. The van der Waals surface area contributed by atoms with Crippen molar-refractivity contribution >= 4 is 6.03 Å². The highest BCUT2D eigenvalue weighted by Crippen LogP contribution is 2.26. The van der Waals surface area contributed by atoms with E-state index in [9.17, 15) is 4.79 Å².